The first-order valence-corrected chi connectivity index (χ1v) is 7.20. The predicted octanol–water partition coefficient (Wildman–Crippen LogP) is 2.98. The van der Waals surface area contributed by atoms with Gasteiger partial charge in [-0.2, -0.15) is 0 Å². The van der Waals surface area contributed by atoms with Crippen molar-refractivity contribution in [1.82, 2.24) is 9.88 Å². The molecule has 0 atom stereocenters. The monoisotopic (exact) mass is 317 g/mol. The Labute approximate surface area is 121 Å². The topological polar surface area (TPSA) is 42.1 Å². The Morgan fingerprint density at radius 1 is 1.32 bits per heavy atom. The molecule has 2 heterocycles. The molecular weight excluding hydrogens is 302 g/mol. The number of halogens is 1. The summed E-state index contributed by atoms with van der Waals surface area (Å²) in [5.74, 6) is 0. The van der Waals surface area contributed by atoms with Crippen molar-refractivity contribution < 1.29 is 0 Å². The van der Waals surface area contributed by atoms with E-state index < -0.39 is 0 Å². The molecule has 0 radical (unpaired) electrons. The lowest BCUT2D eigenvalue weighted by Crippen LogP contribution is -2.30. The molecule has 4 heteroatoms. The summed E-state index contributed by atoms with van der Waals surface area (Å²) in [6.07, 6.45) is 4.78. The molecule has 0 unspecified atom stereocenters. The molecule has 0 spiro atoms. The summed E-state index contributed by atoms with van der Waals surface area (Å²) >= 11 is 3.46. The Morgan fingerprint density at radius 3 is 3.05 bits per heavy atom. The Bertz CT molecular complexity index is 598. The van der Waals surface area contributed by atoms with E-state index in [0.29, 0.717) is 0 Å². The van der Waals surface area contributed by atoms with Gasteiger partial charge >= 0.3 is 0 Å². The molecule has 2 N–H and O–H groups in total. The maximum Gasteiger partial charge on any atom is 0.0410 e. The number of benzene rings is 1. The number of hydrogen-bond donors (Lipinski definition) is 1. The van der Waals surface area contributed by atoms with Gasteiger partial charge in [0, 0.05) is 42.2 Å². The zero-order valence-corrected chi connectivity index (χ0v) is 12.2. The van der Waals surface area contributed by atoms with Crippen LogP contribution in [0.1, 0.15) is 16.7 Å². The summed E-state index contributed by atoms with van der Waals surface area (Å²) in [6, 6.07) is 8.34. The number of anilines is 1. The van der Waals surface area contributed by atoms with Gasteiger partial charge in [-0.05, 0) is 51.2 Å². The van der Waals surface area contributed by atoms with Gasteiger partial charge in [-0.1, -0.05) is 12.1 Å². The smallest absolute Gasteiger partial charge is 0.0410 e. The van der Waals surface area contributed by atoms with Crippen LogP contribution in [-0.4, -0.2) is 16.4 Å². The number of aromatic nitrogens is 1. The Hall–Kier alpha value is -1.39. The van der Waals surface area contributed by atoms with Gasteiger partial charge in [0.05, 0.1) is 0 Å². The van der Waals surface area contributed by atoms with Crippen LogP contribution in [0.2, 0.25) is 0 Å². The van der Waals surface area contributed by atoms with Gasteiger partial charge in [0.25, 0.3) is 0 Å². The molecule has 0 fully saturated rings. The van der Waals surface area contributed by atoms with E-state index in [4.69, 9.17) is 5.73 Å². The number of nitrogen functional groups attached to an aromatic ring is 1. The highest BCUT2D eigenvalue weighted by atomic mass is 79.9. The van der Waals surface area contributed by atoms with E-state index in [1.807, 2.05) is 24.5 Å². The third-order valence-electron chi connectivity index (χ3n) is 3.55. The maximum atomic E-state index is 6.02. The minimum absolute atomic E-state index is 0.931. The van der Waals surface area contributed by atoms with Crippen LogP contribution in [0.3, 0.4) is 0 Å². The number of rotatable bonds is 2. The summed E-state index contributed by atoms with van der Waals surface area (Å²) in [6.45, 7) is 2.95. The van der Waals surface area contributed by atoms with Crippen LogP contribution < -0.4 is 5.73 Å². The standard InChI is InChI=1S/C15H16BrN3/c16-13-6-11(7-18-8-13)9-19-5-4-14-12(10-19)2-1-3-15(14)17/h1-3,6-8H,4-5,9-10,17H2. The van der Waals surface area contributed by atoms with Gasteiger partial charge in [-0.3, -0.25) is 9.88 Å². The zero-order chi connectivity index (χ0) is 13.2. The highest BCUT2D eigenvalue weighted by molar-refractivity contribution is 9.10. The fourth-order valence-corrected chi connectivity index (χ4v) is 3.05. The van der Waals surface area contributed by atoms with Crippen molar-refractivity contribution >= 4 is 21.6 Å². The predicted molar refractivity (Wildman–Crippen MR) is 80.6 cm³/mol. The van der Waals surface area contributed by atoms with Crippen molar-refractivity contribution in [3.05, 3.63) is 57.8 Å². The van der Waals surface area contributed by atoms with Crippen molar-refractivity contribution in [3.63, 3.8) is 0 Å². The highest BCUT2D eigenvalue weighted by Crippen LogP contribution is 2.25. The summed E-state index contributed by atoms with van der Waals surface area (Å²) in [5, 5.41) is 0. The Morgan fingerprint density at radius 2 is 2.21 bits per heavy atom. The van der Waals surface area contributed by atoms with E-state index in [0.717, 1.165) is 36.2 Å². The molecule has 0 amide bonds. The third-order valence-corrected chi connectivity index (χ3v) is 3.98. The third kappa shape index (κ3) is 2.80. The maximum absolute atomic E-state index is 6.02. The number of nitrogens with two attached hydrogens (primary N) is 1. The van der Waals surface area contributed by atoms with E-state index in [1.165, 1.54) is 16.7 Å². The van der Waals surface area contributed by atoms with Crippen LogP contribution in [0, 0.1) is 0 Å². The lowest BCUT2D eigenvalue weighted by molar-refractivity contribution is 0.245. The minimum Gasteiger partial charge on any atom is -0.398 e. The van der Waals surface area contributed by atoms with Gasteiger partial charge in [-0.15, -0.1) is 0 Å². The summed E-state index contributed by atoms with van der Waals surface area (Å²) < 4.78 is 1.03. The first-order valence-electron chi connectivity index (χ1n) is 6.40. The lowest BCUT2D eigenvalue weighted by Gasteiger charge is -2.29. The second kappa shape index (κ2) is 5.31. The second-order valence-electron chi connectivity index (χ2n) is 4.96. The summed E-state index contributed by atoms with van der Waals surface area (Å²) in [4.78, 5) is 6.65. The lowest BCUT2D eigenvalue weighted by atomic mass is 9.98. The molecule has 0 saturated carbocycles. The van der Waals surface area contributed by atoms with E-state index in [-0.39, 0.29) is 0 Å². The van der Waals surface area contributed by atoms with Crippen molar-refractivity contribution in [2.45, 2.75) is 19.5 Å². The summed E-state index contributed by atoms with van der Waals surface area (Å²) in [5.41, 5.74) is 10.9. The quantitative estimate of drug-likeness (QED) is 0.866. The molecular formula is C15H16BrN3. The number of hydrogen-bond acceptors (Lipinski definition) is 3. The largest absolute Gasteiger partial charge is 0.398 e. The van der Waals surface area contributed by atoms with E-state index in [9.17, 15) is 0 Å². The Balaban J connectivity index is 1.76. The molecule has 19 heavy (non-hydrogen) atoms. The van der Waals surface area contributed by atoms with Gasteiger partial charge in [0.1, 0.15) is 0 Å². The molecule has 1 aromatic carbocycles. The van der Waals surface area contributed by atoms with Gasteiger partial charge in [0.2, 0.25) is 0 Å². The normalized spacial score (nSPS) is 15.2. The van der Waals surface area contributed by atoms with Crippen LogP contribution in [-0.2, 0) is 19.5 Å². The number of fused-ring (bicyclic) bond motifs is 1. The van der Waals surface area contributed by atoms with Crippen LogP contribution in [0.4, 0.5) is 5.69 Å². The van der Waals surface area contributed by atoms with Crippen LogP contribution >= 0.6 is 15.9 Å². The highest BCUT2D eigenvalue weighted by Gasteiger charge is 2.17. The van der Waals surface area contributed by atoms with Crippen molar-refractivity contribution in [3.8, 4) is 0 Å². The second-order valence-corrected chi connectivity index (χ2v) is 5.87. The molecule has 1 aliphatic rings. The van der Waals surface area contributed by atoms with Crippen molar-refractivity contribution in [2.75, 3.05) is 12.3 Å². The average Bonchev–Trinajstić information content (AvgIpc) is 2.39. The van der Waals surface area contributed by atoms with Crippen LogP contribution in [0.25, 0.3) is 0 Å². The molecule has 0 bridgehead atoms. The van der Waals surface area contributed by atoms with Crippen molar-refractivity contribution in [2.24, 2.45) is 0 Å². The van der Waals surface area contributed by atoms with E-state index in [1.54, 1.807) is 0 Å². The molecule has 1 aromatic heterocycles. The molecule has 0 aliphatic carbocycles. The van der Waals surface area contributed by atoms with Gasteiger partial charge in [0.15, 0.2) is 0 Å². The minimum atomic E-state index is 0.931. The summed E-state index contributed by atoms with van der Waals surface area (Å²) in [7, 11) is 0. The fourth-order valence-electron chi connectivity index (χ4n) is 2.63. The molecule has 1 aliphatic heterocycles. The van der Waals surface area contributed by atoms with Crippen LogP contribution in [0.5, 0.6) is 0 Å². The fraction of sp³-hybridized carbons (Fsp3) is 0.267. The molecule has 3 nitrogen and oxygen atoms in total. The number of pyridine rings is 1. The zero-order valence-electron chi connectivity index (χ0n) is 10.6. The molecule has 3 rings (SSSR count). The Kier molecular flexibility index (Phi) is 3.53. The average molecular weight is 318 g/mol. The first kappa shape index (κ1) is 12.6. The molecule has 2 aromatic rings. The van der Waals surface area contributed by atoms with E-state index >= 15 is 0 Å². The van der Waals surface area contributed by atoms with Gasteiger partial charge in [-0.25, -0.2) is 0 Å². The first-order chi connectivity index (χ1) is 9.22. The van der Waals surface area contributed by atoms with Gasteiger partial charge < -0.3 is 5.73 Å². The molecule has 98 valence electrons. The number of nitrogens with zero attached hydrogens (tertiary/aromatic N) is 2. The van der Waals surface area contributed by atoms with Crippen LogP contribution in [0.15, 0.2) is 41.1 Å². The van der Waals surface area contributed by atoms with E-state index in [2.05, 4.69) is 37.9 Å². The van der Waals surface area contributed by atoms with Crippen molar-refractivity contribution in [1.29, 1.82) is 0 Å². The molecule has 0 saturated heterocycles. The SMILES string of the molecule is Nc1cccc2c1CCN(Cc1cncc(Br)c1)C2.